The molecular weight excluding hydrogens is 280 g/mol. The molecule has 2 N–H and O–H groups in total. The van der Waals surface area contributed by atoms with Gasteiger partial charge in [0, 0.05) is 11.7 Å². The number of carbonyl (C=O) groups is 1. The van der Waals surface area contributed by atoms with Crippen molar-refractivity contribution in [2.75, 3.05) is 11.4 Å². The van der Waals surface area contributed by atoms with E-state index in [9.17, 15) is 4.79 Å². The highest BCUT2D eigenvalue weighted by Crippen LogP contribution is 2.34. The van der Waals surface area contributed by atoms with Crippen LogP contribution in [0.5, 0.6) is 0 Å². The molecule has 106 valence electrons. The molecule has 0 radical (unpaired) electrons. The van der Waals surface area contributed by atoms with Crippen LogP contribution in [-0.2, 0) is 6.42 Å². The molecule has 3 nitrogen and oxygen atoms in total. The molecule has 1 unspecified atom stereocenters. The second kappa shape index (κ2) is 5.72. The lowest BCUT2D eigenvalue weighted by atomic mass is 10.1. The molecule has 2 heterocycles. The lowest BCUT2D eigenvalue weighted by Gasteiger charge is -2.21. The van der Waals surface area contributed by atoms with E-state index in [1.165, 1.54) is 16.9 Å². The second-order valence-electron chi connectivity index (χ2n) is 5.03. The molecule has 1 amide bonds. The summed E-state index contributed by atoms with van der Waals surface area (Å²) in [6, 6.07) is 12.0. The van der Waals surface area contributed by atoms with Crippen molar-refractivity contribution >= 4 is 22.9 Å². The summed E-state index contributed by atoms with van der Waals surface area (Å²) in [5.41, 5.74) is 7.63. The normalized spacial score (nSPS) is 16.3. The van der Waals surface area contributed by atoms with Gasteiger partial charge in [0.05, 0.1) is 16.3 Å². The molecule has 0 bridgehead atoms. The SMILES string of the molecule is CC1Cc2ccccc2N1C(=O)c1ccc(C#CCN)s1. The van der Waals surface area contributed by atoms with Crippen molar-refractivity contribution in [3.05, 3.63) is 51.7 Å². The topological polar surface area (TPSA) is 46.3 Å². The minimum atomic E-state index is 0.0539. The van der Waals surface area contributed by atoms with E-state index < -0.39 is 0 Å². The van der Waals surface area contributed by atoms with E-state index in [2.05, 4.69) is 24.8 Å². The number of rotatable bonds is 1. The molecule has 1 aromatic heterocycles. The number of hydrogen-bond acceptors (Lipinski definition) is 3. The number of nitrogens with zero attached hydrogens (tertiary/aromatic N) is 1. The van der Waals surface area contributed by atoms with Crippen molar-refractivity contribution < 1.29 is 4.79 Å². The van der Waals surface area contributed by atoms with Crippen molar-refractivity contribution in [1.82, 2.24) is 0 Å². The highest BCUT2D eigenvalue weighted by molar-refractivity contribution is 7.14. The summed E-state index contributed by atoms with van der Waals surface area (Å²) in [4.78, 5) is 16.3. The molecule has 4 heteroatoms. The molecule has 0 aliphatic carbocycles. The van der Waals surface area contributed by atoms with Crippen LogP contribution in [0.15, 0.2) is 36.4 Å². The van der Waals surface area contributed by atoms with Crippen molar-refractivity contribution in [3.8, 4) is 11.8 Å². The van der Waals surface area contributed by atoms with Gasteiger partial charge in [0.1, 0.15) is 0 Å². The molecular formula is C17H16N2OS. The highest BCUT2D eigenvalue weighted by atomic mass is 32.1. The average Bonchev–Trinajstić information content (AvgIpc) is 3.07. The number of benzene rings is 1. The lowest BCUT2D eigenvalue weighted by Crippen LogP contribution is -2.35. The van der Waals surface area contributed by atoms with E-state index >= 15 is 0 Å². The number of para-hydroxylation sites is 1. The number of fused-ring (bicyclic) bond motifs is 1. The molecule has 0 saturated heterocycles. The summed E-state index contributed by atoms with van der Waals surface area (Å²) in [5.74, 6) is 5.84. The number of thiophene rings is 1. The summed E-state index contributed by atoms with van der Waals surface area (Å²) >= 11 is 1.42. The zero-order valence-electron chi connectivity index (χ0n) is 11.8. The molecule has 3 rings (SSSR count). The van der Waals surface area contributed by atoms with Crippen molar-refractivity contribution in [1.29, 1.82) is 0 Å². The number of carbonyl (C=O) groups excluding carboxylic acids is 1. The molecule has 1 aliphatic heterocycles. The molecule has 0 saturated carbocycles. The third-order valence-corrected chi connectivity index (χ3v) is 4.55. The van der Waals surface area contributed by atoms with Crippen molar-refractivity contribution in [2.45, 2.75) is 19.4 Å². The minimum Gasteiger partial charge on any atom is -0.320 e. The van der Waals surface area contributed by atoms with Crippen molar-refractivity contribution in [2.24, 2.45) is 5.73 Å². The molecule has 0 fully saturated rings. The van der Waals surface area contributed by atoms with Gasteiger partial charge in [0.15, 0.2) is 0 Å². The third kappa shape index (κ3) is 2.58. The van der Waals surface area contributed by atoms with Crippen LogP contribution in [-0.4, -0.2) is 18.5 Å². The van der Waals surface area contributed by atoms with Crippen LogP contribution in [0.2, 0.25) is 0 Å². The van der Waals surface area contributed by atoms with Gasteiger partial charge in [-0.2, -0.15) is 0 Å². The predicted molar refractivity (Wildman–Crippen MR) is 86.7 cm³/mol. The van der Waals surface area contributed by atoms with Gasteiger partial charge in [0.2, 0.25) is 0 Å². The zero-order chi connectivity index (χ0) is 14.8. The van der Waals surface area contributed by atoms with E-state index in [-0.39, 0.29) is 11.9 Å². The molecule has 2 aromatic rings. The summed E-state index contributed by atoms with van der Waals surface area (Å²) < 4.78 is 0. The Morgan fingerprint density at radius 2 is 2.19 bits per heavy atom. The van der Waals surface area contributed by atoms with Crippen LogP contribution in [0, 0.1) is 11.8 Å². The Bertz CT molecular complexity index is 738. The van der Waals surface area contributed by atoms with Gasteiger partial charge < -0.3 is 10.6 Å². The second-order valence-corrected chi connectivity index (χ2v) is 6.11. The number of nitrogens with two attached hydrogens (primary N) is 1. The summed E-state index contributed by atoms with van der Waals surface area (Å²) in [6.07, 6.45) is 0.910. The van der Waals surface area contributed by atoms with Gasteiger partial charge in [-0.1, -0.05) is 30.0 Å². The fourth-order valence-electron chi connectivity index (χ4n) is 2.65. The van der Waals surface area contributed by atoms with E-state index in [0.717, 1.165) is 21.9 Å². The fraction of sp³-hybridized carbons (Fsp3) is 0.235. The first kappa shape index (κ1) is 13.9. The maximum Gasteiger partial charge on any atom is 0.268 e. The summed E-state index contributed by atoms with van der Waals surface area (Å²) in [6.45, 7) is 2.42. The maximum atomic E-state index is 12.8. The van der Waals surface area contributed by atoms with Gasteiger partial charge >= 0.3 is 0 Å². The van der Waals surface area contributed by atoms with Crippen LogP contribution in [0.1, 0.15) is 27.0 Å². The summed E-state index contributed by atoms with van der Waals surface area (Å²) in [5, 5.41) is 0. The monoisotopic (exact) mass is 296 g/mol. The van der Waals surface area contributed by atoms with Crippen molar-refractivity contribution in [3.63, 3.8) is 0 Å². The van der Waals surface area contributed by atoms with Gasteiger partial charge in [-0.05, 0) is 37.1 Å². The van der Waals surface area contributed by atoms with Crippen LogP contribution < -0.4 is 10.6 Å². The predicted octanol–water partition coefficient (Wildman–Crippen LogP) is 2.65. The standard InChI is InChI=1S/C17H16N2OS/c1-12-11-13-5-2-3-7-15(13)19(12)17(20)16-9-8-14(21-16)6-4-10-18/h2-3,5,7-9,12H,10-11,18H2,1H3. The Hall–Kier alpha value is -2.09. The maximum absolute atomic E-state index is 12.8. The largest absolute Gasteiger partial charge is 0.320 e. The minimum absolute atomic E-state index is 0.0539. The Labute approximate surface area is 128 Å². The van der Waals surface area contributed by atoms with Crippen LogP contribution in [0.4, 0.5) is 5.69 Å². The lowest BCUT2D eigenvalue weighted by molar-refractivity contribution is 0.0985. The molecule has 21 heavy (non-hydrogen) atoms. The van der Waals surface area contributed by atoms with E-state index in [0.29, 0.717) is 6.54 Å². The van der Waals surface area contributed by atoms with E-state index in [4.69, 9.17) is 5.73 Å². The molecule has 1 aromatic carbocycles. The smallest absolute Gasteiger partial charge is 0.268 e. The molecule has 1 atom stereocenters. The van der Waals surface area contributed by atoms with Gasteiger partial charge in [-0.3, -0.25) is 4.79 Å². The highest BCUT2D eigenvalue weighted by Gasteiger charge is 2.31. The van der Waals surface area contributed by atoms with Crippen LogP contribution in [0.25, 0.3) is 0 Å². The Morgan fingerprint density at radius 1 is 1.38 bits per heavy atom. The van der Waals surface area contributed by atoms with E-state index in [1.54, 1.807) is 0 Å². The summed E-state index contributed by atoms with van der Waals surface area (Å²) in [7, 11) is 0. The number of hydrogen-bond donors (Lipinski definition) is 1. The Balaban J connectivity index is 1.90. The first-order valence-corrected chi connectivity index (χ1v) is 7.72. The van der Waals surface area contributed by atoms with Gasteiger partial charge in [0.25, 0.3) is 5.91 Å². The number of anilines is 1. The molecule has 1 aliphatic rings. The van der Waals surface area contributed by atoms with E-state index in [1.807, 2.05) is 35.2 Å². The quantitative estimate of drug-likeness (QED) is 0.822. The average molecular weight is 296 g/mol. The third-order valence-electron chi connectivity index (χ3n) is 3.56. The molecule has 0 spiro atoms. The Kier molecular flexibility index (Phi) is 3.78. The fourth-order valence-corrected chi connectivity index (χ4v) is 3.47. The first-order valence-electron chi connectivity index (χ1n) is 6.91. The first-order chi connectivity index (χ1) is 10.2. The van der Waals surface area contributed by atoms with Gasteiger partial charge in [-0.25, -0.2) is 0 Å². The Morgan fingerprint density at radius 3 is 3.00 bits per heavy atom. The zero-order valence-corrected chi connectivity index (χ0v) is 12.6. The van der Waals surface area contributed by atoms with Crippen LogP contribution in [0.3, 0.4) is 0 Å². The van der Waals surface area contributed by atoms with Crippen LogP contribution >= 0.6 is 11.3 Å². The van der Waals surface area contributed by atoms with Gasteiger partial charge in [-0.15, -0.1) is 11.3 Å². The number of amides is 1.